The number of fused-ring (bicyclic) bond motifs is 1. The van der Waals surface area contributed by atoms with Gasteiger partial charge in [0, 0.05) is 6.54 Å². The number of rotatable bonds is 7. The maximum absolute atomic E-state index is 12.6. The Morgan fingerprint density at radius 3 is 2.52 bits per heavy atom. The van der Waals surface area contributed by atoms with Crippen LogP contribution in [0.3, 0.4) is 0 Å². The Bertz CT molecular complexity index is 1050. The molecule has 0 bridgehead atoms. The van der Waals surface area contributed by atoms with Crippen molar-refractivity contribution in [3.8, 4) is 5.75 Å². The highest BCUT2D eigenvalue weighted by atomic mass is 16.5. The van der Waals surface area contributed by atoms with Gasteiger partial charge < -0.3 is 15.4 Å². The van der Waals surface area contributed by atoms with Crippen LogP contribution in [0.25, 0.3) is 0 Å². The first kappa shape index (κ1) is 20.7. The fraction of sp³-hybridized carbons (Fsp3) is 0.231. The number of ether oxygens (including phenoxy) is 1. The van der Waals surface area contributed by atoms with E-state index in [-0.39, 0.29) is 24.5 Å². The minimum atomic E-state index is -0.235. The molecule has 5 heteroatoms. The zero-order chi connectivity index (χ0) is 21.5. The molecular weight excluding hydrogens is 388 g/mol. The van der Waals surface area contributed by atoms with Crippen LogP contribution in [0.5, 0.6) is 5.75 Å². The van der Waals surface area contributed by atoms with Gasteiger partial charge in [-0.25, -0.2) is 0 Å². The number of carbonyl (C=O) groups is 2. The van der Waals surface area contributed by atoms with Gasteiger partial charge >= 0.3 is 0 Å². The lowest BCUT2D eigenvalue weighted by Crippen LogP contribution is -2.34. The van der Waals surface area contributed by atoms with E-state index >= 15 is 0 Å². The summed E-state index contributed by atoms with van der Waals surface area (Å²) >= 11 is 0. The number of amides is 2. The third kappa shape index (κ3) is 5.31. The fourth-order valence-corrected chi connectivity index (χ4v) is 3.94. The molecule has 1 aliphatic rings. The number of nitrogens with one attached hydrogen (secondary N) is 2. The normalized spacial score (nSPS) is 14.9. The molecule has 0 saturated carbocycles. The van der Waals surface area contributed by atoms with Crippen molar-refractivity contribution in [3.05, 3.63) is 101 Å². The first-order chi connectivity index (χ1) is 15.2. The topological polar surface area (TPSA) is 67.4 Å². The summed E-state index contributed by atoms with van der Waals surface area (Å²) < 4.78 is 5.73. The maximum Gasteiger partial charge on any atom is 0.258 e. The van der Waals surface area contributed by atoms with Crippen LogP contribution in [0.15, 0.2) is 78.9 Å². The minimum absolute atomic E-state index is 0.00506. The Labute approximate surface area is 182 Å². The smallest absolute Gasteiger partial charge is 0.258 e. The average molecular weight is 415 g/mol. The molecule has 1 atom stereocenters. The van der Waals surface area contributed by atoms with Gasteiger partial charge in [0.1, 0.15) is 5.75 Å². The van der Waals surface area contributed by atoms with E-state index in [4.69, 9.17) is 4.74 Å². The van der Waals surface area contributed by atoms with Crippen LogP contribution >= 0.6 is 0 Å². The van der Waals surface area contributed by atoms with Crippen LogP contribution < -0.4 is 15.4 Å². The Morgan fingerprint density at radius 1 is 0.903 bits per heavy atom. The van der Waals surface area contributed by atoms with Gasteiger partial charge in [0.25, 0.3) is 11.8 Å². The lowest BCUT2D eigenvalue weighted by Gasteiger charge is -2.26. The van der Waals surface area contributed by atoms with E-state index in [1.54, 1.807) is 24.3 Å². The lowest BCUT2D eigenvalue weighted by atomic mass is 9.88. The summed E-state index contributed by atoms with van der Waals surface area (Å²) in [5, 5.41) is 5.98. The van der Waals surface area contributed by atoms with Crippen LogP contribution in [0.2, 0.25) is 0 Å². The second-order valence-electron chi connectivity index (χ2n) is 7.66. The van der Waals surface area contributed by atoms with Gasteiger partial charge in [0.05, 0.1) is 11.6 Å². The lowest BCUT2D eigenvalue weighted by molar-refractivity contribution is -0.124. The van der Waals surface area contributed by atoms with Crippen molar-refractivity contribution in [2.45, 2.75) is 31.8 Å². The van der Waals surface area contributed by atoms with Crippen LogP contribution in [-0.2, 0) is 17.8 Å². The standard InChI is InChI=1S/C26H26N2O3/c29-25(28-23-15-8-12-20-11-4-5-13-21(20)23)18-31-24-16-7-6-14-22(24)26(30)27-17-19-9-2-1-3-10-19/h1-7,9-11,13-14,16,23H,8,12,15,17-18H2,(H,27,30)(H,28,29). The van der Waals surface area contributed by atoms with Gasteiger partial charge in [-0.15, -0.1) is 0 Å². The number of benzene rings is 3. The van der Waals surface area contributed by atoms with Crippen LogP contribution in [-0.4, -0.2) is 18.4 Å². The number of para-hydroxylation sites is 1. The van der Waals surface area contributed by atoms with Gasteiger partial charge in [-0.2, -0.15) is 0 Å². The first-order valence-electron chi connectivity index (χ1n) is 10.6. The summed E-state index contributed by atoms with van der Waals surface area (Å²) in [5.41, 5.74) is 3.90. The Kier molecular flexibility index (Phi) is 6.62. The first-order valence-corrected chi connectivity index (χ1v) is 10.6. The van der Waals surface area contributed by atoms with Crippen molar-refractivity contribution >= 4 is 11.8 Å². The molecule has 4 rings (SSSR count). The predicted molar refractivity (Wildman–Crippen MR) is 120 cm³/mol. The quantitative estimate of drug-likeness (QED) is 0.609. The second-order valence-corrected chi connectivity index (χ2v) is 7.66. The molecular formula is C26H26N2O3. The number of aryl methyl sites for hydroxylation is 1. The largest absolute Gasteiger partial charge is 0.483 e. The second kappa shape index (κ2) is 9.94. The molecule has 1 aliphatic carbocycles. The summed E-state index contributed by atoms with van der Waals surface area (Å²) in [6, 6.07) is 24.9. The zero-order valence-corrected chi connectivity index (χ0v) is 17.3. The van der Waals surface area contributed by atoms with Gasteiger partial charge in [0.15, 0.2) is 6.61 Å². The molecule has 3 aromatic carbocycles. The molecule has 0 saturated heterocycles. The fourth-order valence-electron chi connectivity index (χ4n) is 3.94. The molecule has 2 N–H and O–H groups in total. The molecule has 0 spiro atoms. The molecule has 0 aliphatic heterocycles. The van der Waals surface area contributed by atoms with E-state index in [1.807, 2.05) is 42.5 Å². The Balaban J connectivity index is 1.35. The SMILES string of the molecule is O=C(COc1ccccc1C(=O)NCc1ccccc1)NC1CCCc2ccccc21. The monoisotopic (exact) mass is 414 g/mol. The molecule has 1 unspecified atom stereocenters. The van der Waals surface area contributed by atoms with Gasteiger partial charge in [-0.3, -0.25) is 9.59 Å². The third-order valence-corrected chi connectivity index (χ3v) is 5.49. The van der Waals surface area contributed by atoms with E-state index < -0.39 is 0 Å². The van der Waals surface area contributed by atoms with E-state index in [1.165, 1.54) is 11.1 Å². The zero-order valence-electron chi connectivity index (χ0n) is 17.3. The van der Waals surface area contributed by atoms with Crippen molar-refractivity contribution in [1.29, 1.82) is 0 Å². The van der Waals surface area contributed by atoms with Crippen LogP contribution in [0.4, 0.5) is 0 Å². The molecule has 31 heavy (non-hydrogen) atoms. The molecule has 3 aromatic rings. The molecule has 0 aromatic heterocycles. The molecule has 2 amide bonds. The summed E-state index contributed by atoms with van der Waals surface area (Å²) in [7, 11) is 0. The molecule has 0 radical (unpaired) electrons. The minimum Gasteiger partial charge on any atom is -0.483 e. The van der Waals surface area contributed by atoms with Crippen molar-refractivity contribution in [1.82, 2.24) is 10.6 Å². The molecule has 0 fully saturated rings. The van der Waals surface area contributed by atoms with Crippen molar-refractivity contribution in [2.75, 3.05) is 6.61 Å². The van der Waals surface area contributed by atoms with Crippen LogP contribution in [0.1, 0.15) is 45.9 Å². The summed E-state index contributed by atoms with van der Waals surface area (Å²) in [4.78, 5) is 25.2. The molecule has 0 heterocycles. The van der Waals surface area contributed by atoms with Gasteiger partial charge in [-0.1, -0.05) is 66.7 Å². The highest BCUT2D eigenvalue weighted by molar-refractivity contribution is 5.97. The van der Waals surface area contributed by atoms with Gasteiger partial charge in [-0.05, 0) is 48.1 Å². The van der Waals surface area contributed by atoms with Crippen LogP contribution in [0, 0.1) is 0 Å². The third-order valence-electron chi connectivity index (χ3n) is 5.49. The Hall–Kier alpha value is -3.60. The summed E-state index contributed by atoms with van der Waals surface area (Å²) in [6.45, 7) is 0.289. The highest BCUT2D eigenvalue weighted by Crippen LogP contribution is 2.29. The maximum atomic E-state index is 12.6. The van der Waals surface area contributed by atoms with E-state index in [0.29, 0.717) is 17.9 Å². The number of carbonyl (C=O) groups excluding carboxylic acids is 2. The average Bonchev–Trinajstić information content (AvgIpc) is 2.82. The van der Waals surface area contributed by atoms with E-state index in [0.717, 1.165) is 24.8 Å². The van der Waals surface area contributed by atoms with E-state index in [9.17, 15) is 9.59 Å². The Morgan fingerprint density at radius 2 is 1.65 bits per heavy atom. The number of hydrogen-bond donors (Lipinski definition) is 2. The summed E-state index contributed by atoms with van der Waals surface area (Å²) in [6.07, 6.45) is 3.01. The summed E-state index contributed by atoms with van der Waals surface area (Å²) in [5.74, 6) is -0.0328. The number of hydrogen-bond acceptors (Lipinski definition) is 3. The van der Waals surface area contributed by atoms with Crippen molar-refractivity contribution < 1.29 is 14.3 Å². The highest BCUT2D eigenvalue weighted by Gasteiger charge is 2.22. The van der Waals surface area contributed by atoms with Gasteiger partial charge in [0.2, 0.25) is 0 Å². The van der Waals surface area contributed by atoms with E-state index in [2.05, 4.69) is 22.8 Å². The molecule has 158 valence electrons. The van der Waals surface area contributed by atoms with Crippen molar-refractivity contribution in [2.24, 2.45) is 0 Å². The predicted octanol–water partition coefficient (Wildman–Crippen LogP) is 4.19. The van der Waals surface area contributed by atoms with Crippen molar-refractivity contribution in [3.63, 3.8) is 0 Å². The molecule has 5 nitrogen and oxygen atoms in total.